The number of hydrogen-bond donors (Lipinski definition) is 0. The van der Waals surface area contributed by atoms with Crippen LogP contribution in [0.1, 0.15) is 0 Å². The molecule has 0 fully saturated rings. The summed E-state index contributed by atoms with van der Waals surface area (Å²) in [7, 11) is 0. The van der Waals surface area contributed by atoms with Crippen molar-refractivity contribution < 1.29 is 8.83 Å². The summed E-state index contributed by atoms with van der Waals surface area (Å²) in [6, 6.07) is 28.8. The van der Waals surface area contributed by atoms with E-state index < -0.39 is 0 Å². The standard InChI is InChI=1S/C31H18BN5O2/c1-3-10-26-21(7-1)28-23-15-19(24-9-5-6-14-35-24)12-13-25(23)37-31-29(22-8-2-4-11-27(22)39-31)36(32(37)30(28)38-26)20-16-33-18-34-17-20/h1-18H. The van der Waals surface area contributed by atoms with E-state index in [9.17, 15) is 0 Å². The lowest BCUT2D eigenvalue weighted by molar-refractivity contribution is 0.625. The van der Waals surface area contributed by atoms with Gasteiger partial charge < -0.3 is 18.5 Å². The molecule has 0 atom stereocenters. The van der Waals surface area contributed by atoms with Gasteiger partial charge in [-0.05, 0) is 42.5 Å². The molecule has 2 aliphatic rings. The Labute approximate surface area is 223 Å². The molecule has 0 spiro atoms. The van der Waals surface area contributed by atoms with Gasteiger partial charge in [0.2, 0.25) is 5.88 Å². The fourth-order valence-corrected chi connectivity index (χ4v) is 6.09. The highest BCUT2D eigenvalue weighted by atomic mass is 16.4. The molecule has 0 amide bonds. The van der Waals surface area contributed by atoms with Crippen molar-refractivity contribution in [3.63, 3.8) is 0 Å². The molecule has 6 heterocycles. The summed E-state index contributed by atoms with van der Waals surface area (Å²) in [5, 5.41) is 2.10. The Morgan fingerprint density at radius 1 is 0.718 bits per heavy atom. The fraction of sp³-hybridized carbons (Fsp3) is 0. The summed E-state index contributed by atoms with van der Waals surface area (Å²) in [6.07, 6.45) is 7.05. The first kappa shape index (κ1) is 20.7. The minimum Gasteiger partial charge on any atom is -0.465 e. The summed E-state index contributed by atoms with van der Waals surface area (Å²) in [4.78, 5) is 17.8. The molecular formula is C31H18BN5O2. The molecule has 0 bridgehead atoms. The fourth-order valence-electron chi connectivity index (χ4n) is 6.09. The van der Waals surface area contributed by atoms with Crippen LogP contribution in [0, 0.1) is 0 Å². The molecule has 2 aliphatic heterocycles. The van der Waals surface area contributed by atoms with Gasteiger partial charge in [0.1, 0.15) is 28.8 Å². The topological polar surface area (TPSA) is 71.4 Å². The first-order chi connectivity index (χ1) is 19.4. The molecule has 7 nitrogen and oxygen atoms in total. The molecule has 8 heteroatoms. The van der Waals surface area contributed by atoms with E-state index in [1.54, 1.807) is 6.33 Å². The Balaban J connectivity index is 1.39. The number of para-hydroxylation sites is 2. The van der Waals surface area contributed by atoms with Crippen LogP contribution in [-0.2, 0) is 0 Å². The van der Waals surface area contributed by atoms with Crippen LogP contribution in [0.3, 0.4) is 0 Å². The molecule has 0 saturated heterocycles. The Bertz CT molecular complexity index is 2050. The molecule has 0 saturated carbocycles. The summed E-state index contributed by atoms with van der Waals surface area (Å²) in [5.41, 5.74) is 9.51. The number of fused-ring (bicyclic) bond motifs is 12. The SMILES string of the molecule is c1ccc(-c2ccc3c(c2)-c2c(oc4ccccc24)B2N3c3oc4ccccc4c3N2c2cncnc2)nc1. The first-order valence-electron chi connectivity index (χ1n) is 12.8. The Hall–Kier alpha value is -5.37. The van der Waals surface area contributed by atoms with E-state index in [0.717, 1.165) is 72.9 Å². The second kappa shape index (κ2) is 7.58. The predicted molar refractivity (Wildman–Crippen MR) is 153 cm³/mol. The molecule has 182 valence electrons. The van der Waals surface area contributed by atoms with Crippen LogP contribution in [0.5, 0.6) is 0 Å². The van der Waals surface area contributed by atoms with Crippen LogP contribution in [0.25, 0.3) is 44.3 Å². The number of nitrogens with zero attached hydrogens (tertiary/aromatic N) is 5. The highest BCUT2D eigenvalue weighted by Crippen LogP contribution is 2.56. The van der Waals surface area contributed by atoms with Gasteiger partial charge in [-0.3, -0.25) is 4.98 Å². The van der Waals surface area contributed by atoms with E-state index in [2.05, 4.69) is 61.0 Å². The predicted octanol–water partition coefficient (Wildman–Crippen LogP) is 6.70. The van der Waals surface area contributed by atoms with Crippen molar-refractivity contribution in [2.24, 2.45) is 0 Å². The lowest BCUT2D eigenvalue weighted by Gasteiger charge is -2.33. The van der Waals surface area contributed by atoms with E-state index in [4.69, 9.17) is 8.83 Å². The Morgan fingerprint density at radius 2 is 1.49 bits per heavy atom. The Kier molecular flexibility index (Phi) is 4.02. The third-order valence-electron chi connectivity index (χ3n) is 7.67. The van der Waals surface area contributed by atoms with E-state index in [1.165, 1.54) is 0 Å². The third kappa shape index (κ3) is 2.74. The van der Waals surface area contributed by atoms with Crippen LogP contribution < -0.4 is 15.3 Å². The van der Waals surface area contributed by atoms with Gasteiger partial charge in [0.25, 0.3) is 0 Å². The molecule has 39 heavy (non-hydrogen) atoms. The van der Waals surface area contributed by atoms with E-state index in [1.807, 2.05) is 67.1 Å². The van der Waals surface area contributed by atoms with Crippen LogP contribution >= 0.6 is 0 Å². The van der Waals surface area contributed by atoms with Crippen molar-refractivity contribution >= 4 is 57.5 Å². The van der Waals surface area contributed by atoms with Crippen molar-refractivity contribution in [2.45, 2.75) is 0 Å². The highest BCUT2D eigenvalue weighted by Gasteiger charge is 2.54. The smallest absolute Gasteiger partial charge is 0.462 e. The lowest BCUT2D eigenvalue weighted by atomic mass is 9.63. The first-order valence-corrected chi connectivity index (χ1v) is 12.8. The van der Waals surface area contributed by atoms with E-state index >= 15 is 0 Å². The van der Waals surface area contributed by atoms with Crippen molar-refractivity contribution in [1.29, 1.82) is 0 Å². The van der Waals surface area contributed by atoms with Gasteiger partial charge in [-0.2, -0.15) is 0 Å². The Morgan fingerprint density at radius 3 is 2.31 bits per heavy atom. The second-order valence-corrected chi connectivity index (χ2v) is 9.75. The van der Waals surface area contributed by atoms with Gasteiger partial charge in [-0.25, -0.2) is 9.97 Å². The zero-order chi connectivity index (χ0) is 25.5. The molecule has 3 aromatic carbocycles. The zero-order valence-electron chi connectivity index (χ0n) is 20.5. The van der Waals surface area contributed by atoms with Crippen LogP contribution in [0.2, 0.25) is 0 Å². The number of hydrogen-bond acceptors (Lipinski definition) is 7. The molecule has 0 aliphatic carbocycles. The minimum absolute atomic E-state index is 0.315. The second-order valence-electron chi connectivity index (χ2n) is 9.75. The summed E-state index contributed by atoms with van der Waals surface area (Å²) >= 11 is 0. The summed E-state index contributed by atoms with van der Waals surface area (Å²) < 4.78 is 13.3. The minimum atomic E-state index is -0.315. The number of rotatable bonds is 2. The van der Waals surface area contributed by atoms with Crippen LogP contribution in [0.4, 0.5) is 22.9 Å². The van der Waals surface area contributed by atoms with Crippen molar-refractivity contribution in [2.75, 3.05) is 9.62 Å². The number of aromatic nitrogens is 3. The third-order valence-corrected chi connectivity index (χ3v) is 7.67. The summed E-state index contributed by atoms with van der Waals surface area (Å²) in [6.45, 7) is -0.315. The monoisotopic (exact) mass is 503 g/mol. The van der Waals surface area contributed by atoms with Crippen LogP contribution in [0.15, 0.2) is 119 Å². The van der Waals surface area contributed by atoms with Gasteiger partial charge in [0, 0.05) is 39.3 Å². The molecule has 9 rings (SSSR count). The molecule has 0 radical (unpaired) electrons. The largest absolute Gasteiger partial charge is 0.465 e. The average Bonchev–Trinajstić information content (AvgIpc) is 3.67. The quantitative estimate of drug-likeness (QED) is 0.243. The molecular weight excluding hydrogens is 485 g/mol. The number of anilines is 4. The van der Waals surface area contributed by atoms with E-state index in [0.29, 0.717) is 0 Å². The normalized spacial score (nSPS) is 13.5. The number of furan rings is 2. The van der Waals surface area contributed by atoms with Crippen molar-refractivity contribution in [1.82, 2.24) is 15.0 Å². The molecule has 7 aromatic rings. The lowest BCUT2D eigenvalue weighted by Crippen LogP contribution is -2.55. The molecule has 4 aromatic heterocycles. The zero-order valence-corrected chi connectivity index (χ0v) is 20.5. The van der Waals surface area contributed by atoms with Crippen LogP contribution in [-0.4, -0.2) is 21.9 Å². The maximum Gasteiger partial charge on any atom is 0.462 e. The average molecular weight is 503 g/mol. The highest BCUT2D eigenvalue weighted by molar-refractivity contribution is 6.86. The van der Waals surface area contributed by atoms with E-state index in [-0.39, 0.29) is 6.98 Å². The van der Waals surface area contributed by atoms with Crippen molar-refractivity contribution in [3.05, 3.63) is 110 Å². The summed E-state index contributed by atoms with van der Waals surface area (Å²) in [5.74, 6) is 0.767. The van der Waals surface area contributed by atoms with Gasteiger partial charge in [0.15, 0.2) is 0 Å². The molecule has 0 N–H and O–H groups in total. The van der Waals surface area contributed by atoms with Gasteiger partial charge in [-0.15, -0.1) is 0 Å². The molecule has 0 unspecified atom stereocenters. The van der Waals surface area contributed by atoms with Crippen molar-refractivity contribution in [3.8, 4) is 22.4 Å². The van der Waals surface area contributed by atoms with Gasteiger partial charge in [0.05, 0.1) is 23.8 Å². The van der Waals surface area contributed by atoms with Gasteiger partial charge >= 0.3 is 6.98 Å². The maximum absolute atomic E-state index is 6.69. The maximum atomic E-state index is 6.69. The number of pyridine rings is 1. The number of benzene rings is 3. The van der Waals surface area contributed by atoms with Gasteiger partial charge in [-0.1, -0.05) is 42.5 Å².